The Labute approximate surface area is 268 Å². The molecule has 264 valence electrons. The minimum atomic E-state index is -5.05. The van der Waals surface area contributed by atoms with Gasteiger partial charge in [0.25, 0.3) is 0 Å². The average molecular weight is 659 g/mol. The summed E-state index contributed by atoms with van der Waals surface area (Å²) in [4.78, 5) is 35.0. The Bertz CT molecular complexity index is 553. The van der Waals surface area contributed by atoms with E-state index in [1.54, 1.807) is 0 Å². The van der Waals surface area contributed by atoms with Crippen LogP contribution in [0.5, 0.6) is 0 Å². The molecular formula is C33H76N2O6P2. The zero-order chi connectivity index (χ0) is 33.7. The predicted octanol–water partition coefficient (Wildman–Crippen LogP) is 8.04. The molecule has 0 aliphatic heterocycles. The molecule has 0 unspecified atom stereocenters. The second-order valence-electron chi connectivity index (χ2n) is 12.7. The summed E-state index contributed by atoms with van der Waals surface area (Å²) in [6, 6.07) is 0. The monoisotopic (exact) mass is 659 g/mol. The molecule has 2 N–H and O–H groups in total. The molecule has 0 amide bonds. The van der Waals surface area contributed by atoms with Crippen LogP contribution in [-0.2, 0) is 9.13 Å². The van der Waals surface area contributed by atoms with Gasteiger partial charge in [0.2, 0.25) is 0 Å². The smallest absolute Gasteiger partial charge is 0.330 e. The number of rotatable bonds is 26. The summed E-state index contributed by atoms with van der Waals surface area (Å²) >= 11 is 0. The lowest BCUT2D eigenvalue weighted by Gasteiger charge is -2.39. The van der Waals surface area contributed by atoms with E-state index in [0.29, 0.717) is 0 Å². The second kappa shape index (κ2) is 29.6. The molecule has 8 nitrogen and oxygen atoms in total. The summed E-state index contributed by atoms with van der Waals surface area (Å²) in [5.41, 5.74) is 0. The van der Waals surface area contributed by atoms with E-state index in [1.165, 1.54) is 164 Å². The molecule has 0 bridgehead atoms. The highest BCUT2D eigenvalue weighted by molar-refractivity contribution is 7.68. The van der Waals surface area contributed by atoms with Gasteiger partial charge in [0.1, 0.15) is 0 Å². The van der Waals surface area contributed by atoms with Crippen molar-refractivity contribution in [3.05, 3.63) is 0 Å². The lowest BCUT2D eigenvalue weighted by Crippen LogP contribution is -2.50. The lowest BCUT2D eigenvalue weighted by atomic mass is 10.1. The maximum Gasteiger partial charge on any atom is 0.330 e. The highest BCUT2D eigenvalue weighted by Gasteiger charge is 2.25. The molecule has 0 saturated heterocycles. The SMILES string of the molecule is CCCC[N+](CCCC)(CCCC)CCCC.CCCC[N+](CCCC)(CCCC)CCCC.O=P([O-])([O-])CP(=O)(O)O. The minimum absolute atomic E-state index is 1.35. The van der Waals surface area contributed by atoms with E-state index < -0.39 is 21.1 Å². The minimum Gasteiger partial charge on any atom is -0.810 e. The van der Waals surface area contributed by atoms with Crippen LogP contribution in [0.15, 0.2) is 0 Å². The number of unbranched alkanes of at least 4 members (excludes halogenated alkanes) is 8. The summed E-state index contributed by atoms with van der Waals surface area (Å²) in [7, 11) is -9.73. The maximum absolute atomic E-state index is 9.77. The van der Waals surface area contributed by atoms with Crippen LogP contribution in [0.3, 0.4) is 0 Å². The molecular weight excluding hydrogens is 582 g/mol. The molecule has 0 aliphatic carbocycles. The Balaban J connectivity index is -0.000000586. The van der Waals surface area contributed by atoms with Crippen LogP contribution in [0.1, 0.15) is 158 Å². The Morgan fingerprint density at radius 1 is 0.419 bits per heavy atom. The molecule has 0 aliphatic rings. The largest absolute Gasteiger partial charge is 0.810 e. The molecule has 0 spiro atoms. The van der Waals surface area contributed by atoms with Crippen LogP contribution in [0.25, 0.3) is 0 Å². The van der Waals surface area contributed by atoms with E-state index in [2.05, 4.69) is 55.4 Å². The quantitative estimate of drug-likeness (QED) is 0.0717. The highest BCUT2D eigenvalue weighted by Crippen LogP contribution is 2.46. The molecule has 0 atom stereocenters. The number of hydrogen-bond acceptors (Lipinski definition) is 4. The summed E-state index contributed by atoms with van der Waals surface area (Å²) in [5.74, 6) is -1.60. The molecule has 43 heavy (non-hydrogen) atoms. The first-order valence-corrected chi connectivity index (χ1v) is 21.5. The van der Waals surface area contributed by atoms with Gasteiger partial charge in [0, 0.05) is 0 Å². The van der Waals surface area contributed by atoms with Crippen molar-refractivity contribution in [1.82, 2.24) is 0 Å². The van der Waals surface area contributed by atoms with Crippen molar-refractivity contribution in [2.24, 2.45) is 0 Å². The van der Waals surface area contributed by atoms with Gasteiger partial charge in [0.05, 0.1) is 58.3 Å². The lowest BCUT2D eigenvalue weighted by molar-refractivity contribution is -0.929. The first-order valence-electron chi connectivity index (χ1n) is 17.9. The molecule has 0 fully saturated rings. The van der Waals surface area contributed by atoms with Crippen molar-refractivity contribution in [2.45, 2.75) is 158 Å². The second-order valence-corrected chi connectivity index (χ2v) is 16.4. The maximum atomic E-state index is 9.77. The van der Waals surface area contributed by atoms with E-state index in [9.17, 15) is 18.9 Å². The fourth-order valence-electron chi connectivity index (χ4n) is 5.52. The number of quaternary nitrogens is 2. The fourth-order valence-corrected chi connectivity index (χ4v) is 7.32. The van der Waals surface area contributed by atoms with Gasteiger partial charge in [-0.2, -0.15) is 0 Å². The first kappa shape index (κ1) is 47.6. The van der Waals surface area contributed by atoms with Gasteiger partial charge >= 0.3 is 7.60 Å². The van der Waals surface area contributed by atoms with Crippen molar-refractivity contribution >= 4 is 15.2 Å². The van der Waals surface area contributed by atoms with Crippen LogP contribution < -0.4 is 9.79 Å². The predicted molar refractivity (Wildman–Crippen MR) is 183 cm³/mol. The van der Waals surface area contributed by atoms with Crippen LogP contribution in [0.2, 0.25) is 0 Å². The highest BCUT2D eigenvalue weighted by atomic mass is 31.2. The van der Waals surface area contributed by atoms with E-state index >= 15 is 0 Å². The molecule has 0 radical (unpaired) electrons. The Morgan fingerprint density at radius 3 is 0.651 bits per heavy atom. The van der Waals surface area contributed by atoms with E-state index in [-0.39, 0.29) is 0 Å². The zero-order valence-corrected chi connectivity index (χ0v) is 31.8. The Kier molecular flexibility index (Phi) is 32.8. The van der Waals surface area contributed by atoms with Crippen LogP contribution in [0.4, 0.5) is 0 Å². The van der Waals surface area contributed by atoms with Gasteiger partial charge in [-0.15, -0.1) is 0 Å². The summed E-state index contributed by atoms with van der Waals surface area (Å²) < 4.78 is 22.2. The topological polar surface area (TPSA) is 121 Å². The van der Waals surface area contributed by atoms with Crippen molar-refractivity contribution in [3.8, 4) is 0 Å². The van der Waals surface area contributed by atoms with E-state index in [1.807, 2.05) is 0 Å². The summed E-state index contributed by atoms with van der Waals surface area (Å²) in [6.45, 7) is 30.0. The number of nitrogens with zero attached hydrogens (tertiary/aromatic N) is 2. The fraction of sp³-hybridized carbons (Fsp3) is 1.00. The summed E-state index contributed by atoms with van der Waals surface area (Å²) in [6.07, 6.45) is 22.1. The van der Waals surface area contributed by atoms with Gasteiger partial charge < -0.3 is 33.1 Å². The van der Waals surface area contributed by atoms with E-state index in [0.717, 1.165) is 0 Å². The van der Waals surface area contributed by atoms with Gasteiger partial charge in [-0.1, -0.05) is 114 Å². The van der Waals surface area contributed by atoms with Crippen molar-refractivity contribution < 1.29 is 37.7 Å². The summed E-state index contributed by atoms with van der Waals surface area (Å²) in [5, 5.41) is 0. The third-order valence-corrected chi connectivity index (χ3v) is 11.1. The van der Waals surface area contributed by atoms with Gasteiger partial charge in [-0.05, 0) is 51.4 Å². The Hall–Kier alpha value is 0.220. The molecule has 0 aromatic carbocycles. The van der Waals surface area contributed by atoms with Crippen LogP contribution >= 0.6 is 15.2 Å². The third-order valence-electron chi connectivity index (χ3n) is 8.25. The molecule has 10 heteroatoms. The normalized spacial score (nSPS) is 12.4. The first-order chi connectivity index (χ1) is 20.2. The van der Waals surface area contributed by atoms with E-state index in [4.69, 9.17) is 9.79 Å². The standard InChI is InChI=1S/2C16H36N.CH6O6P2/c2*1-5-9-13-17(14-10-6-2,15-11-7-3)16-12-8-4;2-8(3,4)1-9(5,6)7/h2*5-16H2,1-4H3;1H2,(H2,2,3,4)(H2,5,6,7)/q2*+1;/p-2. The van der Waals surface area contributed by atoms with Crippen LogP contribution in [0, 0.1) is 0 Å². The van der Waals surface area contributed by atoms with Gasteiger partial charge in [-0.3, -0.25) is 4.57 Å². The van der Waals surface area contributed by atoms with Gasteiger partial charge in [0.15, 0.2) is 0 Å². The molecule has 0 aromatic rings. The molecule has 0 aromatic heterocycles. The average Bonchev–Trinajstić information content (AvgIpc) is 2.94. The zero-order valence-electron chi connectivity index (χ0n) is 30.0. The third kappa shape index (κ3) is 32.0. The van der Waals surface area contributed by atoms with Gasteiger partial charge in [-0.25, -0.2) is 0 Å². The van der Waals surface area contributed by atoms with Crippen molar-refractivity contribution in [1.29, 1.82) is 0 Å². The van der Waals surface area contributed by atoms with Crippen molar-refractivity contribution in [3.63, 3.8) is 0 Å². The Morgan fingerprint density at radius 2 is 0.581 bits per heavy atom. The van der Waals surface area contributed by atoms with Crippen LogP contribution in [-0.4, -0.2) is 77.0 Å². The molecule has 0 saturated carbocycles. The van der Waals surface area contributed by atoms with Crippen molar-refractivity contribution in [2.75, 3.05) is 58.3 Å². The molecule has 0 rings (SSSR count). The number of hydrogen-bond donors (Lipinski definition) is 2. The molecule has 0 heterocycles.